The summed E-state index contributed by atoms with van der Waals surface area (Å²) in [6.45, 7) is 2.52. The monoisotopic (exact) mass is 519 g/mol. The van der Waals surface area contributed by atoms with Gasteiger partial charge in [0.05, 0.1) is 12.1 Å². The molecule has 2 aliphatic rings. The summed E-state index contributed by atoms with van der Waals surface area (Å²) in [7, 11) is 3.94. The van der Waals surface area contributed by atoms with Crippen LogP contribution in [0.1, 0.15) is 56.2 Å². The van der Waals surface area contributed by atoms with Crippen LogP contribution in [0.3, 0.4) is 0 Å². The zero-order valence-corrected chi connectivity index (χ0v) is 22.7. The Bertz CT molecular complexity index is 1050. The largest absolute Gasteiger partial charge is 0.343 e. The minimum atomic E-state index is -0.708. The molecule has 2 aromatic rings. The predicted octanol–water partition coefficient (Wildman–Crippen LogP) is 2.45. The number of hydrogen-bond donors (Lipinski definition) is 3. The van der Waals surface area contributed by atoms with Crippen LogP contribution in [0, 0.1) is 5.92 Å². The number of fused-ring (bicyclic) bond motifs is 1. The van der Waals surface area contributed by atoms with Gasteiger partial charge < -0.3 is 26.2 Å². The van der Waals surface area contributed by atoms with Gasteiger partial charge in [-0.05, 0) is 57.3 Å². The van der Waals surface area contributed by atoms with Gasteiger partial charge in [-0.2, -0.15) is 0 Å². The summed E-state index contributed by atoms with van der Waals surface area (Å²) in [6.07, 6.45) is 3.47. The van der Waals surface area contributed by atoms with Crippen LogP contribution in [0.25, 0.3) is 0 Å². The molecule has 2 saturated heterocycles. The number of amides is 3. The molecular formula is C30H41N5O3. The van der Waals surface area contributed by atoms with Crippen molar-refractivity contribution in [2.24, 2.45) is 11.7 Å². The quantitative estimate of drug-likeness (QED) is 0.472. The Morgan fingerprint density at radius 1 is 0.974 bits per heavy atom. The molecule has 0 spiro atoms. The van der Waals surface area contributed by atoms with E-state index in [2.05, 4.69) is 10.6 Å². The third-order valence-electron chi connectivity index (χ3n) is 7.89. The highest BCUT2D eigenvalue weighted by Crippen LogP contribution is 2.35. The Morgan fingerprint density at radius 2 is 1.55 bits per heavy atom. The van der Waals surface area contributed by atoms with Crippen LogP contribution in [-0.2, 0) is 14.4 Å². The van der Waals surface area contributed by atoms with Crippen molar-refractivity contribution in [3.63, 3.8) is 0 Å². The van der Waals surface area contributed by atoms with E-state index < -0.39 is 18.1 Å². The van der Waals surface area contributed by atoms with Crippen LogP contribution >= 0.6 is 0 Å². The summed E-state index contributed by atoms with van der Waals surface area (Å²) in [4.78, 5) is 44.5. The lowest BCUT2D eigenvalue weighted by Gasteiger charge is -2.34. The molecule has 2 fully saturated rings. The predicted molar refractivity (Wildman–Crippen MR) is 148 cm³/mol. The summed E-state index contributed by atoms with van der Waals surface area (Å²) < 4.78 is 0. The molecule has 8 heteroatoms. The minimum absolute atomic E-state index is 0.0171. The van der Waals surface area contributed by atoms with E-state index in [0.717, 1.165) is 30.4 Å². The first-order chi connectivity index (χ1) is 18.3. The molecule has 0 radical (unpaired) electrons. The van der Waals surface area contributed by atoms with Crippen molar-refractivity contribution in [2.45, 2.75) is 69.2 Å². The van der Waals surface area contributed by atoms with E-state index in [4.69, 9.17) is 5.73 Å². The second-order valence-electron chi connectivity index (χ2n) is 10.9. The van der Waals surface area contributed by atoms with Crippen molar-refractivity contribution < 1.29 is 14.4 Å². The van der Waals surface area contributed by atoms with E-state index in [1.807, 2.05) is 86.6 Å². The molecule has 3 amide bonds. The van der Waals surface area contributed by atoms with Gasteiger partial charge in [0.15, 0.2) is 0 Å². The number of rotatable bonds is 9. The lowest BCUT2D eigenvalue weighted by atomic mass is 9.92. The number of nitrogens with one attached hydrogen (secondary N) is 2. The lowest BCUT2D eigenvalue weighted by Crippen LogP contribution is -2.59. The zero-order valence-electron chi connectivity index (χ0n) is 22.7. The van der Waals surface area contributed by atoms with Crippen LogP contribution in [0.4, 0.5) is 0 Å². The molecule has 0 aromatic heterocycles. The van der Waals surface area contributed by atoms with Crippen molar-refractivity contribution >= 4 is 17.7 Å². The van der Waals surface area contributed by atoms with E-state index in [1.54, 1.807) is 4.90 Å². The highest BCUT2D eigenvalue weighted by Gasteiger charge is 2.48. The first kappa shape index (κ1) is 27.8. The number of nitrogens with two attached hydrogens (primary N) is 1. The second kappa shape index (κ2) is 12.5. The van der Waals surface area contributed by atoms with Gasteiger partial charge in [0.1, 0.15) is 12.1 Å². The Hall–Kier alpha value is -3.23. The molecule has 4 rings (SSSR count). The maximum absolute atomic E-state index is 14.1. The zero-order chi connectivity index (χ0) is 27.2. The molecule has 0 aliphatic carbocycles. The van der Waals surface area contributed by atoms with Crippen molar-refractivity contribution in [2.75, 3.05) is 20.6 Å². The Labute approximate surface area is 225 Å². The summed E-state index contributed by atoms with van der Waals surface area (Å²) in [5.41, 5.74) is 7.96. The molecule has 38 heavy (non-hydrogen) atoms. The third-order valence-corrected chi connectivity index (χ3v) is 7.89. The summed E-state index contributed by atoms with van der Waals surface area (Å²) in [6, 6.07) is 17.4. The summed E-state index contributed by atoms with van der Waals surface area (Å²) in [5.74, 6) is -0.716. The van der Waals surface area contributed by atoms with Crippen LogP contribution in [-0.4, -0.2) is 72.3 Å². The van der Waals surface area contributed by atoms with Crippen LogP contribution < -0.4 is 16.4 Å². The SMILES string of the molecule is CC[C@H](N)C(=O)N[C@@H]1C(=O)N2[C@@H](CC[C@@H]1CN(C)C)CC[C@H]2C(=O)NC(c1ccccc1)c1ccccc1. The average molecular weight is 520 g/mol. The van der Waals surface area contributed by atoms with Crippen molar-refractivity contribution in [3.05, 3.63) is 71.8 Å². The number of carbonyl (C=O) groups excluding carboxylic acids is 3. The fourth-order valence-corrected chi connectivity index (χ4v) is 5.87. The van der Waals surface area contributed by atoms with Gasteiger partial charge in [-0.15, -0.1) is 0 Å². The van der Waals surface area contributed by atoms with E-state index in [0.29, 0.717) is 19.4 Å². The fourth-order valence-electron chi connectivity index (χ4n) is 5.87. The van der Waals surface area contributed by atoms with E-state index >= 15 is 0 Å². The molecule has 2 aliphatic heterocycles. The van der Waals surface area contributed by atoms with Crippen LogP contribution in [0.2, 0.25) is 0 Å². The molecule has 4 N–H and O–H groups in total. The van der Waals surface area contributed by atoms with E-state index in [-0.39, 0.29) is 35.7 Å². The smallest absolute Gasteiger partial charge is 0.246 e. The van der Waals surface area contributed by atoms with Gasteiger partial charge in [-0.3, -0.25) is 14.4 Å². The number of nitrogens with zero attached hydrogens (tertiary/aromatic N) is 2. The molecule has 0 unspecified atom stereocenters. The molecule has 0 bridgehead atoms. The minimum Gasteiger partial charge on any atom is -0.343 e. The topological polar surface area (TPSA) is 108 Å². The van der Waals surface area contributed by atoms with Crippen molar-refractivity contribution in [1.29, 1.82) is 0 Å². The normalized spacial score (nSPS) is 24.2. The van der Waals surface area contributed by atoms with E-state index in [9.17, 15) is 14.4 Å². The molecule has 204 valence electrons. The fraction of sp³-hybridized carbons (Fsp3) is 0.500. The number of carbonyl (C=O) groups is 3. The standard InChI is InChI=1S/C30H41N5O3/c1-4-24(31)28(36)33-27-22(19-34(2)3)15-16-23-17-18-25(35(23)30(27)38)29(37)32-26(20-11-7-5-8-12-20)21-13-9-6-10-14-21/h5-14,22-27H,4,15-19,31H2,1-3H3,(H,32,37)(H,33,36)/t22-,23+,24+,25+,27+/m1/s1. The Kier molecular flexibility index (Phi) is 9.17. The third kappa shape index (κ3) is 6.25. The molecule has 8 nitrogen and oxygen atoms in total. The average Bonchev–Trinajstić information content (AvgIpc) is 3.31. The molecular weight excluding hydrogens is 478 g/mol. The van der Waals surface area contributed by atoms with Crippen molar-refractivity contribution in [3.8, 4) is 0 Å². The first-order valence-electron chi connectivity index (χ1n) is 13.7. The Morgan fingerprint density at radius 3 is 2.11 bits per heavy atom. The summed E-state index contributed by atoms with van der Waals surface area (Å²) in [5, 5.41) is 6.21. The lowest BCUT2D eigenvalue weighted by molar-refractivity contribution is -0.143. The van der Waals surface area contributed by atoms with Gasteiger partial charge in [0.2, 0.25) is 17.7 Å². The highest BCUT2D eigenvalue weighted by molar-refractivity contribution is 5.94. The Balaban J connectivity index is 1.59. The molecule has 0 saturated carbocycles. The first-order valence-corrected chi connectivity index (χ1v) is 13.7. The van der Waals surface area contributed by atoms with Gasteiger partial charge in [0.25, 0.3) is 0 Å². The summed E-state index contributed by atoms with van der Waals surface area (Å²) >= 11 is 0. The van der Waals surface area contributed by atoms with Gasteiger partial charge in [-0.1, -0.05) is 67.6 Å². The maximum atomic E-state index is 14.1. The van der Waals surface area contributed by atoms with Gasteiger partial charge >= 0.3 is 0 Å². The molecule has 5 atom stereocenters. The van der Waals surface area contributed by atoms with Gasteiger partial charge in [-0.25, -0.2) is 0 Å². The van der Waals surface area contributed by atoms with Crippen LogP contribution in [0.5, 0.6) is 0 Å². The number of benzene rings is 2. The number of hydrogen-bond acceptors (Lipinski definition) is 5. The highest BCUT2D eigenvalue weighted by atomic mass is 16.2. The van der Waals surface area contributed by atoms with Gasteiger partial charge in [0, 0.05) is 18.5 Å². The molecule has 2 aromatic carbocycles. The van der Waals surface area contributed by atoms with Crippen LogP contribution in [0.15, 0.2) is 60.7 Å². The van der Waals surface area contributed by atoms with Crippen molar-refractivity contribution in [1.82, 2.24) is 20.4 Å². The van der Waals surface area contributed by atoms with E-state index in [1.165, 1.54) is 0 Å². The maximum Gasteiger partial charge on any atom is 0.246 e. The molecule has 2 heterocycles. The second-order valence-corrected chi connectivity index (χ2v) is 10.9.